The summed E-state index contributed by atoms with van der Waals surface area (Å²) in [5.74, 6) is 1.64. The molecule has 1 saturated heterocycles. The number of rotatable bonds is 3. The summed E-state index contributed by atoms with van der Waals surface area (Å²) in [6.07, 6.45) is 3.96. The molecule has 7 heteroatoms. The van der Waals surface area contributed by atoms with Crippen molar-refractivity contribution in [2.75, 3.05) is 19.8 Å². The van der Waals surface area contributed by atoms with E-state index in [0.717, 1.165) is 41.1 Å². The molecule has 1 atom stereocenters. The van der Waals surface area contributed by atoms with Gasteiger partial charge in [0, 0.05) is 29.3 Å². The molecule has 1 fully saturated rings. The van der Waals surface area contributed by atoms with Crippen LogP contribution in [0.1, 0.15) is 30.1 Å². The molecular formula is C21H20BrN3O3. The van der Waals surface area contributed by atoms with Crippen molar-refractivity contribution in [3.8, 4) is 11.5 Å². The highest BCUT2D eigenvalue weighted by atomic mass is 79.9. The van der Waals surface area contributed by atoms with E-state index in [1.165, 1.54) is 5.56 Å². The Balaban J connectivity index is 1.42. The fraction of sp³-hybridized carbons (Fsp3) is 0.333. The predicted molar refractivity (Wildman–Crippen MR) is 109 cm³/mol. The van der Waals surface area contributed by atoms with Crippen LogP contribution >= 0.6 is 15.9 Å². The Morgan fingerprint density at radius 2 is 1.96 bits per heavy atom. The molecule has 0 unspecified atom stereocenters. The number of likely N-dealkylation sites (tertiary alicyclic amines) is 1. The molecule has 0 saturated carbocycles. The molecule has 2 aliphatic heterocycles. The van der Waals surface area contributed by atoms with Gasteiger partial charge in [0.1, 0.15) is 18.9 Å². The SMILES string of the molecule is O=c1cc(CN2CCC[C@H]2c2ccc3c(c2)OCCO3)nc2ccc(Br)cn12. The maximum absolute atomic E-state index is 12.5. The molecule has 2 aromatic heterocycles. The Morgan fingerprint density at radius 3 is 2.86 bits per heavy atom. The minimum atomic E-state index is -0.0589. The Bertz CT molecular complexity index is 1100. The first-order chi connectivity index (χ1) is 13.7. The van der Waals surface area contributed by atoms with E-state index < -0.39 is 0 Å². The summed E-state index contributed by atoms with van der Waals surface area (Å²) in [4.78, 5) is 19.6. The Kier molecular flexibility index (Phi) is 4.56. The standard InChI is InChI=1S/C21H20BrN3O3/c22-15-4-6-20-23-16(11-21(26)25(20)12-15)13-24-7-1-2-17(24)14-3-5-18-19(10-14)28-9-8-27-18/h3-6,10-12,17H,1-2,7-9,13H2/t17-/m0/s1. The van der Waals surface area contributed by atoms with Gasteiger partial charge in [-0.15, -0.1) is 0 Å². The average Bonchev–Trinajstić information content (AvgIpc) is 3.16. The Hall–Kier alpha value is -2.38. The third-order valence-corrected chi connectivity index (χ3v) is 5.83. The number of ether oxygens (including phenoxy) is 2. The van der Waals surface area contributed by atoms with Gasteiger partial charge in [-0.2, -0.15) is 0 Å². The molecular weight excluding hydrogens is 422 g/mol. The van der Waals surface area contributed by atoms with Crippen LogP contribution in [0.15, 0.2) is 51.9 Å². The average molecular weight is 442 g/mol. The van der Waals surface area contributed by atoms with E-state index in [2.05, 4.69) is 33.0 Å². The van der Waals surface area contributed by atoms with Gasteiger partial charge in [0.25, 0.3) is 5.56 Å². The van der Waals surface area contributed by atoms with Crippen molar-refractivity contribution in [3.63, 3.8) is 0 Å². The van der Waals surface area contributed by atoms with E-state index in [1.54, 1.807) is 16.7 Å². The van der Waals surface area contributed by atoms with Gasteiger partial charge in [-0.25, -0.2) is 4.98 Å². The first-order valence-electron chi connectivity index (χ1n) is 9.49. The zero-order valence-electron chi connectivity index (χ0n) is 15.3. The largest absolute Gasteiger partial charge is 0.486 e. The minimum absolute atomic E-state index is 0.0589. The van der Waals surface area contributed by atoms with Crippen LogP contribution in [-0.4, -0.2) is 34.0 Å². The molecule has 28 heavy (non-hydrogen) atoms. The van der Waals surface area contributed by atoms with Gasteiger partial charge in [-0.1, -0.05) is 6.07 Å². The zero-order chi connectivity index (χ0) is 19.1. The maximum Gasteiger partial charge on any atom is 0.258 e. The smallest absolute Gasteiger partial charge is 0.258 e. The molecule has 4 heterocycles. The molecule has 0 N–H and O–H groups in total. The maximum atomic E-state index is 12.5. The number of hydrogen-bond acceptors (Lipinski definition) is 5. The number of hydrogen-bond donors (Lipinski definition) is 0. The normalized spacial score (nSPS) is 19.2. The molecule has 0 radical (unpaired) electrons. The van der Waals surface area contributed by atoms with E-state index in [0.29, 0.717) is 31.4 Å². The fourth-order valence-electron chi connectivity index (χ4n) is 4.08. The van der Waals surface area contributed by atoms with E-state index in [4.69, 9.17) is 14.5 Å². The van der Waals surface area contributed by atoms with Crippen LogP contribution in [0.25, 0.3) is 5.65 Å². The summed E-state index contributed by atoms with van der Waals surface area (Å²) >= 11 is 3.40. The summed E-state index contributed by atoms with van der Waals surface area (Å²) < 4.78 is 13.8. The van der Waals surface area contributed by atoms with Crippen LogP contribution in [0.5, 0.6) is 11.5 Å². The van der Waals surface area contributed by atoms with Crippen LogP contribution in [0, 0.1) is 0 Å². The van der Waals surface area contributed by atoms with E-state index >= 15 is 0 Å². The van der Waals surface area contributed by atoms with Crippen LogP contribution in [-0.2, 0) is 6.54 Å². The van der Waals surface area contributed by atoms with Crippen molar-refractivity contribution in [1.29, 1.82) is 0 Å². The summed E-state index contributed by atoms with van der Waals surface area (Å²) in [6, 6.07) is 11.9. The highest BCUT2D eigenvalue weighted by Gasteiger charge is 2.28. The van der Waals surface area contributed by atoms with Gasteiger partial charge in [-0.3, -0.25) is 14.1 Å². The van der Waals surface area contributed by atoms with Crippen LogP contribution in [0.4, 0.5) is 0 Å². The second-order valence-corrected chi connectivity index (χ2v) is 8.11. The molecule has 0 spiro atoms. The summed E-state index contributed by atoms with van der Waals surface area (Å²) in [7, 11) is 0. The second-order valence-electron chi connectivity index (χ2n) is 7.19. The lowest BCUT2D eigenvalue weighted by Gasteiger charge is -2.26. The summed E-state index contributed by atoms with van der Waals surface area (Å²) in [5, 5.41) is 0. The second kappa shape index (κ2) is 7.22. The van der Waals surface area contributed by atoms with E-state index in [1.807, 2.05) is 18.2 Å². The van der Waals surface area contributed by atoms with Crippen molar-refractivity contribution >= 4 is 21.6 Å². The monoisotopic (exact) mass is 441 g/mol. The van der Waals surface area contributed by atoms with Gasteiger partial charge in [0.2, 0.25) is 0 Å². The molecule has 1 aromatic carbocycles. The van der Waals surface area contributed by atoms with Gasteiger partial charge in [-0.05, 0) is 65.1 Å². The number of aromatic nitrogens is 2. The third-order valence-electron chi connectivity index (χ3n) is 5.36. The predicted octanol–water partition coefficient (Wildman–Crippen LogP) is 3.57. The number of nitrogens with zero attached hydrogens (tertiary/aromatic N) is 3. The van der Waals surface area contributed by atoms with Crippen LogP contribution in [0.3, 0.4) is 0 Å². The summed E-state index contributed by atoms with van der Waals surface area (Å²) in [5.41, 5.74) is 2.64. The fourth-order valence-corrected chi connectivity index (χ4v) is 4.41. The van der Waals surface area contributed by atoms with Crippen molar-refractivity contribution in [3.05, 3.63) is 68.7 Å². The van der Waals surface area contributed by atoms with Crippen molar-refractivity contribution in [1.82, 2.24) is 14.3 Å². The van der Waals surface area contributed by atoms with Gasteiger partial charge < -0.3 is 9.47 Å². The van der Waals surface area contributed by atoms with Crippen molar-refractivity contribution in [2.24, 2.45) is 0 Å². The van der Waals surface area contributed by atoms with E-state index in [9.17, 15) is 4.79 Å². The number of fused-ring (bicyclic) bond motifs is 2. The highest BCUT2D eigenvalue weighted by molar-refractivity contribution is 9.10. The molecule has 0 aliphatic carbocycles. The van der Waals surface area contributed by atoms with Crippen LogP contribution < -0.4 is 15.0 Å². The molecule has 2 aliphatic rings. The summed E-state index contributed by atoms with van der Waals surface area (Å²) in [6.45, 7) is 2.83. The molecule has 3 aromatic rings. The topological polar surface area (TPSA) is 56.1 Å². The quantitative estimate of drug-likeness (QED) is 0.621. The first-order valence-corrected chi connectivity index (χ1v) is 10.3. The Morgan fingerprint density at radius 1 is 1.11 bits per heavy atom. The first kappa shape index (κ1) is 17.7. The Labute approximate surface area is 170 Å². The molecule has 5 rings (SSSR count). The zero-order valence-corrected chi connectivity index (χ0v) is 16.9. The molecule has 6 nitrogen and oxygen atoms in total. The van der Waals surface area contributed by atoms with Crippen molar-refractivity contribution in [2.45, 2.75) is 25.4 Å². The lowest BCUT2D eigenvalue weighted by Crippen LogP contribution is -2.25. The minimum Gasteiger partial charge on any atom is -0.486 e. The number of benzene rings is 1. The third kappa shape index (κ3) is 3.29. The molecule has 144 valence electrons. The van der Waals surface area contributed by atoms with Gasteiger partial charge in [0.15, 0.2) is 11.5 Å². The highest BCUT2D eigenvalue weighted by Crippen LogP contribution is 2.38. The van der Waals surface area contributed by atoms with E-state index in [-0.39, 0.29) is 5.56 Å². The lowest BCUT2D eigenvalue weighted by molar-refractivity contribution is 0.170. The molecule has 0 bridgehead atoms. The number of pyridine rings is 1. The van der Waals surface area contributed by atoms with Gasteiger partial charge >= 0.3 is 0 Å². The van der Waals surface area contributed by atoms with Gasteiger partial charge in [0.05, 0.1) is 5.69 Å². The molecule has 0 amide bonds. The lowest BCUT2D eigenvalue weighted by atomic mass is 10.0. The van der Waals surface area contributed by atoms with Crippen LogP contribution in [0.2, 0.25) is 0 Å². The van der Waals surface area contributed by atoms with Crippen molar-refractivity contribution < 1.29 is 9.47 Å². The number of halogens is 1.